The lowest BCUT2D eigenvalue weighted by atomic mass is 10.2. The van der Waals surface area contributed by atoms with Crippen molar-refractivity contribution < 1.29 is 9.59 Å². The molecule has 1 aliphatic rings. The van der Waals surface area contributed by atoms with Gasteiger partial charge in [-0.1, -0.05) is 41.6 Å². The molecule has 1 heterocycles. The summed E-state index contributed by atoms with van der Waals surface area (Å²) in [6, 6.07) is 14.6. The van der Waals surface area contributed by atoms with Gasteiger partial charge in [0.1, 0.15) is 5.25 Å². The van der Waals surface area contributed by atoms with Crippen LogP contribution in [-0.2, 0) is 9.59 Å². The first-order chi connectivity index (χ1) is 12.4. The number of thioether (sulfide) groups is 1. The van der Waals surface area contributed by atoms with Crippen molar-refractivity contribution in [3.8, 4) is 0 Å². The van der Waals surface area contributed by atoms with Gasteiger partial charge < -0.3 is 5.32 Å². The Morgan fingerprint density at radius 2 is 2.00 bits per heavy atom. The highest BCUT2D eigenvalue weighted by molar-refractivity contribution is 8.15. The Hall–Kier alpha value is -2.31. The first-order valence-electron chi connectivity index (χ1n) is 8.08. The number of carbonyl (C=O) groups excluding carboxylic acids is 2. The van der Waals surface area contributed by atoms with Crippen LogP contribution < -0.4 is 5.32 Å². The maximum Gasteiger partial charge on any atom is 0.242 e. The molecule has 0 bridgehead atoms. The number of aliphatic imine (C=N–C) groups is 1. The van der Waals surface area contributed by atoms with E-state index in [2.05, 4.69) is 10.3 Å². The average Bonchev–Trinajstić information content (AvgIpc) is 2.86. The molecule has 1 fully saturated rings. The summed E-state index contributed by atoms with van der Waals surface area (Å²) in [6.45, 7) is 1.91. The van der Waals surface area contributed by atoms with E-state index in [9.17, 15) is 9.59 Å². The number of carbonyl (C=O) groups is 2. The van der Waals surface area contributed by atoms with Gasteiger partial charge in [0.15, 0.2) is 5.17 Å². The minimum Gasteiger partial charge on any atom is -0.326 e. The highest BCUT2D eigenvalue weighted by Gasteiger charge is 2.37. The van der Waals surface area contributed by atoms with E-state index in [4.69, 9.17) is 11.6 Å². The van der Waals surface area contributed by atoms with Gasteiger partial charge in [0.2, 0.25) is 11.8 Å². The molecule has 134 valence electrons. The monoisotopic (exact) mass is 387 g/mol. The molecule has 2 aromatic carbocycles. The number of aryl methyl sites for hydroxylation is 1. The number of hydrogen-bond acceptors (Lipinski definition) is 4. The van der Waals surface area contributed by atoms with Crippen molar-refractivity contribution in [1.82, 2.24) is 4.90 Å². The quantitative estimate of drug-likeness (QED) is 0.853. The molecule has 5 nitrogen and oxygen atoms in total. The molecule has 1 N–H and O–H groups in total. The molecule has 1 aliphatic heterocycles. The lowest BCUT2D eigenvalue weighted by molar-refractivity contribution is -0.127. The van der Waals surface area contributed by atoms with Crippen molar-refractivity contribution in [2.24, 2.45) is 4.99 Å². The van der Waals surface area contributed by atoms with Crippen LogP contribution in [0, 0.1) is 6.92 Å². The zero-order chi connectivity index (χ0) is 18.7. The minimum absolute atomic E-state index is 0.0986. The predicted octanol–water partition coefficient (Wildman–Crippen LogP) is 4.24. The van der Waals surface area contributed by atoms with E-state index in [1.807, 2.05) is 49.4 Å². The topological polar surface area (TPSA) is 61.8 Å². The molecule has 7 heteroatoms. The van der Waals surface area contributed by atoms with Crippen LogP contribution in [0.4, 0.5) is 11.4 Å². The molecule has 2 aromatic rings. The largest absolute Gasteiger partial charge is 0.326 e. The fourth-order valence-electron chi connectivity index (χ4n) is 2.55. The molecular formula is C19H18ClN3O2S. The molecule has 0 aromatic heterocycles. The third kappa shape index (κ3) is 4.26. The summed E-state index contributed by atoms with van der Waals surface area (Å²) in [5.74, 6) is -0.317. The number of hydrogen-bond donors (Lipinski definition) is 1. The van der Waals surface area contributed by atoms with Crippen molar-refractivity contribution in [2.45, 2.75) is 18.6 Å². The summed E-state index contributed by atoms with van der Waals surface area (Å²) >= 11 is 7.28. The number of nitrogens with one attached hydrogen (secondary N) is 1. The Balaban J connectivity index is 1.70. The summed E-state index contributed by atoms with van der Waals surface area (Å²) in [4.78, 5) is 30.7. The normalized spacial score (nSPS) is 18.4. The molecule has 26 heavy (non-hydrogen) atoms. The number of amidine groups is 1. The van der Waals surface area contributed by atoms with Gasteiger partial charge in [-0.3, -0.25) is 14.5 Å². The molecule has 0 saturated carbocycles. The van der Waals surface area contributed by atoms with Gasteiger partial charge in [-0.15, -0.1) is 0 Å². The summed E-state index contributed by atoms with van der Waals surface area (Å²) in [7, 11) is 1.68. The third-order valence-electron chi connectivity index (χ3n) is 3.94. The van der Waals surface area contributed by atoms with Gasteiger partial charge in [0, 0.05) is 24.2 Å². The second-order valence-corrected chi connectivity index (χ2v) is 7.55. The van der Waals surface area contributed by atoms with Gasteiger partial charge in [-0.05, 0) is 42.8 Å². The summed E-state index contributed by atoms with van der Waals surface area (Å²) < 4.78 is 0. The summed E-state index contributed by atoms with van der Waals surface area (Å²) in [6.07, 6.45) is 0.0986. The van der Waals surface area contributed by atoms with Crippen molar-refractivity contribution in [3.63, 3.8) is 0 Å². The van der Waals surface area contributed by atoms with Gasteiger partial charge in [-0.25, -0.2) is 4.99 Å². The van der Waals surface area contributed by atoms with E-state index in [1.165, 1.54) is 16.7 Å². The molecule has 3 rings (SSSR count). The van der Waals surface area contributed by atoms with Crippen LogP contribution in [0.3, 0.4) is 0 Å². The fraction of sp³-hybridized carbons (Fsp3) is 0.211. The standard InChI is InChI=1S/C19H18ClN3O2S/c1-12-10-13(20)8-9-15(12)22-19-23(2)18(25)16(26-19)11-17(24)21-14-6-4-3-5-7-14/h3-10,16H,11H2,1-2H3,(H,21,24). The van der Waals surface area contributed by atoms with Crippen LogP contribution in [-0.4, -0.2) is 34.2 Å². The molecule has 0 radical (unpaired) electrons. The first kappa shape index (κ1) is 18.5. The Bertz CT molecular complexity index is 870. The van der Waals surface area contributed by atoms with E-state index < -0.39 is 5.25 Å². The molecule has 1 saturated heterocycles. The molecular weight excluding hydrogens is 370 g/mol. The third-order valence-corrected chi connectivity index (χ3v) is 5.41. The van der Waals surface area contributed by atoms with Crippen LogP contribution in [0.15, 0.2) is 53.5 Å². The van der Waals surface area contributed by atoms with E-state index in [0.717, 1.165) is 11.3 Å². The number of rotatable bonds is 4. The average molecular weight is 388 g/mol. The van der Waals surface area contributed by atoms with E-state index in [-0.39, 0.29) is 18.2 Å². The van der Waals surface area contributed by atoms with E-state index >= 15 is 0 Å². The van der Waals surface area contributed by atoms with Crippen molar-refractivity contribution in [3.05, 3.63) is 59.1 Å². The molecule has 0 aliphatic carbocycles. The fourth-order valence-corrected chi connectivity index (χ4v) is 3.92. The zero-order valence-electron chi connectivity index (χ0n) is 14.4. The van der Waals surface area contributed by atoms with Gasteiger partial charge in [0.05, 0.1) is 5.69 Å². The van der Waals surface area contributed by atoms with Crippen molar-refractivity contribution in [2.75, 3.05) is 12.4 Å². The van der Waals surface area contributed by atoms with Crippen LogP contribution in [0.1, 0.15) is 12.0 Å². The maximum absolute atomic E-state index is 12.5. The summed E-state index contributed by atoms with van der Waals surface area (Å²) in [5, 5.41) is 3.56. The lowest BCUT2D eigenvalue weighted by Crippen LogP contribution is -2.30. The van der Waals surface area contributed by atoms with E-state index in [0.29, 0.717) is 15.9 Å². The zero-order valence-corrected chi connectivity index (χ0v) is 16.0. The highest BCUT2D eigenvalue weighted by Crippen LogP contribution is 2.32. The lowest BCUT2D eigenvalue weighted by Gasteiger charge is -2.09. The van der Waals surface area contributed by atoms with Crippen LogP contribution in [0.2, 0.25) is 5.02 Å². The van der Waals surface area contributed by atoms with Crippen LogP contribution in [0.5, 0.6) is 0 Å². The van der Waals surface area contributed by atoms with Crippen molar-refractivity contribution in [1.29, 1.82) is 0 Å². The minimum atomic E-state index is -0.477. The number of nitrogens with zero attached hydrogens (tertiary/aromatic N) is 2. The molecule has 1 unspecified atom stereocenters. The van der Waals surface area contributed by atoms with Crippen molar-refractivity contribution >= 4 is 51.7 Å². The Kier molecular flexibility index (Phi) is 5.64. The Labute approximate surface area is 161 Å². The number of halogens is 1. The SMILES string of the molecule is Cc1cc(Cl)ccc1N=C1SC(CC(=O)Nc2ccccc2)C(=O)N1C. The number of benzene rings is 2. The highest BCUT2D eigenvalue weighted by atomic mass is 35.5. The second kappa shape index (κ2) is 7.93. The Morgan fingerprint density at radius 1 is 1.27 bits per heavy atom. The molecule has 0 spiro atoms. The predicted molar refractivity (Wildman–Crippen MR) is 107 cm³/mol. The van der Waals surface area contributed by atoms with Gasteiger partial charge in [-0.2, -0.15) is 0 Å². The van der Waals surface area contributed by atoms with Crippen LogP contribution in [0.25, 0.3) is 0 Å². The Morgan fingerprint density at radius 3 is 2.69 bits per heavy atom. The number of anilines is 1. The summed E-state index contributed by atoms with van der Waals surface area (Å²) in [5.41, 5.74) is 2.40. The van der Waals surface area contributed by atoms with Gasteiger partial charge in [0.25, 0.3) is 0 Å². The number of para-hydroxylation sites is 1. The molecule has 1 atom stereocenters. The second-order valence-electron chi connectivity index (χ2n) is 5.95. The smallest absolute Gasteiger partial charge is 0.242 e. The molecule has 2 amide bonds. The number of amides is 2. The van der Waals surface area contributed by atoms with E-state index in [1.54, 1.807) is 13.1 Å². The van der Waals surface area contributed by atoms with Gasteiger partial charge >= 0.3 is 0 Å². The maximum atomic E-state index is 12.5. The first-order valence-corrected chi connectivity index (χ1v) is 9.34. The van der Waals surface area contributed by atoms with Crippen LogP contribution >= 0.6 is 23.4 Å².